The molecule has 12 rings (SSSR count). The second-order valence-electron chi connectivity index (χ2n) is 24.4. The first kappa shape index (κ1) is 65.9. The summed E-state index contributed by atoms with van der Waals surface area (Å²) in [6, 6.07) is 66.7. The van der Waals surface area contributed by atoms with Crippen LogP contribution < -0.4 is 28.4 Å². The Kier molecular flexibility index (Phi) is 20.7. The third kappa shape index (κ3) is 12.0. The average Bonchev–Trinajstić information content (AvgIpc) is 1.43. The van der Waals surface area contributed by atoms with Crippen LogP contribution in [0.1, 0.15) is 133 Å². The van der Waals surface area contributed by atoms with Gasteiger partial charge in [-0.1, -0.05) is 83.4 Å². The van der Waals surface area contributed by atoms with Gasteiger partial charge < -0.3 is 28.4 Å². The van der Waals surface area contributed by atoms with Gasteiger partial charge in [-0.05, 0) is 269 Å². The van der Waals surface area contributed by atoms with E-state index in [1.807, 2.05) is 0 Å². The molecule has 0 saturated carbocycles. The molecule has 0 atom stereocenters. The zero-order chi connectivity index (χ0) is 64.0. The molecular formula is C80H84O6S6. The lowest BCUT2D eigenvalue weighted by Gasteiger charge is -2.53. The van der Waals surface area contributed by atoms with E-state index in [-0.39, 0.29) is 0 Å². The van der Waals surface area contributed by atoms with Crippen molar-refractivity contribution in [3.8, 4) is 34.5 Å². The fourth-order valence-corrected chi connectivity index (χ4v) is 18.3. The summed E-state index contributed by atoms with van der Waals surface area (Å²) in [6.45, 7) is 12.2. The van der Waals surface area contributed by atoms with Crippen molar-refractivity contribution in [2.45, 2.75) is 151 Å². The summed E-state index contributed by atoms with van der Waals surface area (Å²) in [4.78, 5) is 7.21. The highest BCUT2D eigenvalue weighted by Gasteiger charge is 2.82. The minimum Gasteiger partial charge on any atom is -0.489 e. The van der Waals surface area contributed by atoms with Crippen LogP contribution in [-0.2, 0) is 55.9 Å². The summed E-state index contributed by atoms with van der Waals surface area (Å²) in [6.07, 6.45) is 18.4. The van der Waals surface area contributed by atoms with E-state index in [4.69, 9.17) is 28.4 Å². The second-order valence-corrected chi connectivity index (χ2v) is 29.7. The van der Waals surface area contributed by atoms with Crippen molar-refractivity contribution < 1.29 is 28.4 Å². The number of rotatable bonds is 30. The molecule has 0 saturated heterocycles. The normalized spacial score (nSPS) is 18.8. The summed E-state index contributed by atoms with van der Waals surface area (Å²) < 4.78 is 41.8. The summed E-state index contributed by atoms with van der Waals surface area (Å²) >= 11 is 10.4. The Hall–Kier alpha value is -6.12. The van der Waals surface area contributed by atoms with Gasteiger partial charge in [-0.15, -0.1) is 70.6 Å². The second kappa shape index (κ2) is 28.8. The monoisotopic (exact) mass is 1330 g/mol. The molecule has 0 radical (unpaired) electrons. The fourth-order valence-electron chi connectivity index (χ4n) is 15.8. The number of ether oxygens (including phenoxy) is 6. The number of hydrogen-bond acceptors (Lipinski definition) is 12. The van der Waals surface area contributed by atoms with Gasteiger partial charge in [0.1, 0.15) is 74.1 Å². The third-order valence-electron chi connectivity index (χ3n) is 19.9. The van der Waals surface area contributed by atoms with Gasteiger partial charge >= 0.3 is 0 Å². The summed E-state index contributed by atoms with van der Waals surface area (Å²) in [5.74, 6) is 5.05. The maximum atomic E-state index is 6.97. The van der Waals surface area contributed by atoms with Gasteiger partial charge in [0.15, 0.2) is 0 Å². The largest absolute Gasteiger partial charge is 0.489 e. The molecule has 0 aromatic heterocycles. The van der Waals surface area contributed by atoms with Gasteiger partial charge in [-0.3, -0.25) is 0 Å². The van der Waals surface area contributed by atoms with Gasteiger partial charge in [0.2, 0.25) is 0 Å². The van der Waals surface area contributed by atoms with E-state index in [1.54, 1.807) is 70.6 Å². The molecule has 0 heterocycles. The molecule has 0 spiro atoms. The first-order chi connectivity index (χ1) is 45.0. The van der Waals surface area contributed by atoms with Crippen molar-refractivity contribution in [1.82, 2.24) is 0 Å². The molecule has 0 unspecified atom stereocenters. The minimum atomic E-state index is -0.495. The van der Waals surface area contributed by atoms with Crippen molar-refractivity contribution in [3.63, 3.8) is 0 Å². The van der Waals surface area contributed by atoms with Crippen molar-refractivity contribution in [2.75, 3.05) is 37.5 Å². The molecular weight excluding hydrogens is 1250 g/mol. The van der Waals surface area contributed by atoms with Crippen molar-refractivity contribution in [2.24, 2.45) is 5.41 Å². The Balaban J connectivity index is 1.14. The van der Waals surface area contributed by atoms with E-state index in [1.165, 1.54) is 62.8 Å². The van der Waals surface area contributed by atoms with Crippen LogP contribution in [0.3, 0.4) is 0 Å². The number of hydrogen-bond donors (Lipinski definition) is 0. The lowest BCUT2D eigenvalue weighted by Crippen LogP contribution is -2.54. The van der Waals surface area contributed by atoms with Gasteiger partial charge in [-0.2, -0.15) is 0 Å². The topological polar surface area (TPSA) is 55.4 Å². The lowest BCUT2D eigenvalue weighted by molar-refractivity contribution is 0.0539. The highest BCUT2D eigenvalue weighted by molar-refractivity contribution is 7.99. The Bertz CT molecular complexity index is 3350. The minimum absolute atomic E-state index is 0.380. The quantitative estimate of drug-likeness (QED) is 0.0403. The molecule has 476 valence electrons. The van der Waals surface area contributed by atoms with E-state index >= 15 is 0 Å². The Morgan fingerprint density at radius 1 is 0.250 bits per heavy atom. The zero-order valence-electron chi connectivity index (χ0n) is 54.7. The lowest BCUT2D eigenvalue weighted by atomic mass is 9.48. The molecule has 9 aromatic rings. The van der Waals surface area contributed by atoms with Gasteiger partial charge in [0.05, 0.1) is 0 Å². The molecule has 0 N–H and O–H groups in total. The van der Waals surface area contributed by atoms with Crippen molar-refractivity contribution >= 4 is 70.6 Å². The van der Waals surface area contributed by atoms with Crippen LogP contribution in [-0.4, -0.2) is 37.5 Å². The highest BCUT2D eigenvalue weighted by atomic mass is 32.2. The van der Waals surface area contributed by atoms with E-state index in [2.05, 4.69) is 247 Å². The fraction of sp³-hybridized carbons (Fsp3) is 0.325. The van der Waals surface area contributed by atoms with E-state index < -0.39 is 21.7 Å². The van der Waals surface area contributed by atoms with Crippen molar-refractivity contribution in [3.05, 3.63) is 249 Å². The molecule has 92 heavy (non-hydrogen) atoms. The summed E-state index contributed by atoms with van der Waals surface area (Å²) in [7, 11) is 0. The molecule has 3 aliphatic rings. The van der Waals surface area contributed by atoms with Crippen LogP contribution in [0.2, 0.25) is 0 Å². The van der Waals surface area contributed by atoms with E-state index in [9.17, 15) is 0 Å². The Labute approximate surface area is 572 Å². The van der Waals surface area contributed by atoms with E-state index in [0.29, 0.717) is 39.6 Å². The van der Waals surface area contributed by atoms with Crippen molar-refractivity contribution in [1.29, 1.82) is 0 Å². The molecule has 0 amide bonds. The van der Waals surface area contributed by atoms with Gasteiger partial charge in [0, 0.05) is 51.0 Å². The van der Waals surface area contributed by atoms with E-state index in [0.717, 1.165) is 106 Å². The van der Waals surface area contributed by atoms with Gasteiger partial charge in [-0.25, -0.2) is 0 Å². The maximum absolute atomic E-state index is 6.97. The Morgan fingerprint density at radius 2 is 0.402 bits per heavy atom. The molecule has 12 heteroatoms. The molecule has 0 bridgehead atoms. The Morgan fingerprint density at radius 3 is 0.533 bits per heavy atom. The van der Waals surface area contributed by atoms with Gasteiger partial charge in [0.25, 0.3) is 0 Å². The number of fused-ring (bicyclic) bond motifs is 9. The molecule has 0 aliphatic heterocycles. The van der Waals surface area contributed by atoms with Crippen LogP contribution in [0.4, 0.5) is 0 Å². The van der Waals surface area contributed by atoms with Crippen LogP contribution >= 0.6 is 70.6 Å². The molecule has 6 nitrogen and oxygen atoms in total. The standard InChI is InChI=1S/C80H84O6S6/c1-11-38-78-71-41-53(47-81-59-14-26-65(87-5)27-15-59)55(49-83-61-18-30-67(89-7)31-19-61)43-73(71)79(39-12-2)75-45-57(51-85-63-22-34-69(91-9)35-23-63)58(52-86-64-24-36-70(92-10)37-25-64)46-76(75)80(40-13-3,77(78,79)4)74-44-56(50-84-62-20-32-68(90-8)33-21-62)54(42-72(74)78)48-82-60-16-28-66(88-6)29-17-60/h14-37,41-46H,11-13,38-40,47-52H2,1-10H3. The predicted molar refractivity (Wildman–Crippen MR) is 390 cm³/mol. The third-order valence-corrected chi connectivity index (χ3v) is 24.4. The predicted octanol–water partition coefficient (Wildman–Crippen LogP) is 22.1. The zero-order valence-corrected chi connectivity index (χ0v) is 59.6. The maximum Gasteiger partial charge on any atom is 0.119 e. The first-order valence-electron chi connectivity index (χ1n) is 32.1. The van der Waals surface area contributed by atoms with Crippen LogP contribution in [0.5, 0.6) is 34.5 Å². The van der Waals surface area contributed by atoms with Crippen LogP contribution in [0.15, 0.2) is 211 Å². The highest BCUT2D eigenvalue weighted by Crippen LogP contribution is 2.85. The van der Waals surface area contributed by atoms with Crippen LogP contribution in [0, 0.1) is 5.41 Å². The number of benzene rings is 9. The summed E-state index contributed by atoms with van der Waals surface area (Å²) in [5.41, 5.74) is 13.3. The SMILES string of the molecule is CCCC12c3cc(COc4ccc(SC)cc4)c(COc4ccc(SC)cc4)cc3C3(CCC)c4cc(COc5ccc(SC)cc5)c(COc5ccc(SC)cc5)cc4C(CCC)(c4cc(COc5ccc(SC)cc5)c(COc5ccc(SC)cc5)cc41)C23C. The molecule has 9 aromatic carbocycles. The average molecular weight is 1330 g/mol. The first-order valence-corrected chi connectivity index (χ1v) is 39.4. The molecule has 3 aliphatic carbocycles. The summed E-state index contributed by atoms with van der Waals surface area (Å²) in [5, 5.41) is 0. The van der Waals surface area contributed by atoms with Crippen LogP contribution in [0.25, 0.3) is 0 Å². The smallest absolute Gasteiger partial charge is 0.119 e. The molecule has 0 fully saturated rings. The number of thioether (sulfide) groups is 6.